The molecule has 0 rings (SSSR count). The molecule has 0 aromatic heterocycles. The van der Waals surface area contributed by atoms with Crippen molar-refractivity contribution in [3.05, 3.63) is 0 Å². The lowest BCUT2D eigenvalue weighted by molar-refractivity contribution is -0.129. The van der Waals surface area contributed by atoms with Gasteiger partial charge in [-0.05, 0) is 12.8 Å². The van der Waals surface area contributed by atoms with Crippen molar-refractivity contribution in [3.8, 4) is 0 Å². The van der Waals surface area contributed by atoms with Crippen molar-refractivity contribution in [2.75, 3.05) is 11.5 Å². The SMILES string of the molecule is O=[C]([AlH2])CS(=O)(=O)CCCCC(=O)NO. The fraction of sp³-hybridized carbons (Fsp3) is 0.714. The fourth-order valence-electron chi connectivity index (χ4n) is 1.05. The molecule has 0 aromatic rings. The van der Waals surface area contributed by atoms with Crippen LogP contribution in [0, 0.1) is 0 Å². The summed E-state index contributed by atoms with van der Waals surface area (Å²) in [5, 5.41) is 8.16. The molecule has 0 spiro atoms. The van der Waals surface area contributed by atoms with Crippen LogP contribution in [0.25, 0.3) is 0 Å². The first-order valence-corrected chi connectivity index (χ1v) is 7.32. The lowest BCUT2D eigenvalue weighted by atomic mass is 10.2. The predicted octanol–water partition coefficient (Wildman–Crippen LogP) is -1.76. The maximum Gasteiger partial charge on any atom is 0.320 e. The highest BCUT2D eigenvalue weighted by atomic mass is 32.2. The number of rotatable bonds is 7. The summed E-state index contributed by atoms with van der Waals surface area (Å²) < 4.78 is 22.2. The molecule has 0 atom stereocenters. The molecule has 0 saturated carbocycles. The summed E-state index contributed by atoms with van der Waals surface area (Å²) in [6, 6.07) is 0. The standard InChI is InChI=1S/C7H12NO5S.Al.2H/c9-4-6-14(12,13)5-2-1-3-7(10)8-11;;;/h11H,1-3,5-6H2,(H,8,10);;;. The van der Waals surface area contributed by atoms with Gasteiger partial charge in [0.15, 0.2) is 9.84 Å². The Bertz CT molecular complexity index is 326. The molecule has 0 saturated heterocycles. The molecule has 0 aromatic carbocycles. The van der Waals surface area contributed by atoms with Gasteiger partial charge in [0, 0.05) is 6.42 Å². The van der Waals surface area contributed by atoms with Gasteiger partial charge < -0.3 is 4.79 Å². The van der Waals surface area contributed by atoms with Crippen molar-refractivity contribution >= 4 is 36.7 Å². The summed E-state index contributed by atoms with van der Waals surface area (Å²) in [7, 11) is -3.29. The molecular formula is C7H14AlNO5S. The number of carbonyl (C=O) groups is 2. The third-order valence-electron chi connectivity index (χ3n) is 1.66. The van der Waals surface area contributed by atoms with Crippen LogP contribution in [-0.2, 0) is 19.4 Å². The molecular weight excluding hydrogens is 237 g/mol. The van der Waals surface area contributed by atoms with Crippen molar-refractivity contribution in [1.82, 2.24) is 5.48 Å². The van der Waals surface area contributed by atoms with E-state index in [0.29, 0.717) is 12.8 Å². The molecule has 15 heavy (non-hydrogen) atoms. The Morgan fingerprint density at radius 1 is 1.27 bits per heavy atom. The lowest BCUT2D eigenvalue weighted by Gasteiger charge is -2.01. The van der Waals surface area contributed by atoms with Crippen LogP contribution in [0.3, 0.4) is 0 Å². The first kappa shape index (κ1) is 14.6. The summed E-state index contributed by atoms with van der Waals surface area (Å²) in [6.07, 6.45) is 0.784. The van der Waals surface area contributed by atoms with Crippen molar-refractivity contribution < 1.29 is 23.2 Å². The van der Waals surface area contributed by atoms with E-state index < -0.39 is 15.7 Å². The molecule has 0 aliphatic heterocycles. The van der Waals surface area contributed by atoms with Crippen molar-refractivity contribution in [2.24, 2.45) is 0 Å². The van der Waals surface area contributed by atoms with Crippen molar-refractivity contribution in [2.45, 2.75) is 19.3 Å². The molecule has 8 heteroatoms. The Morgan fingerprint density at radius 2 is 1.87 bits per heavy atom. The van der Waals surface area contributed by atoms with Crippen LogP contribution in [0.4, 0.5) is 0 Å². The second kappa shape index (κ2) is 6.96. The topological polar surface area (TPSA) is 101 Å². The highest BCUT2D eigenvalue weighted by Crippen LogP contribution is 2.00. The molecule has 0 radical (unpaired) electrons. The van der Waals surface area contributed by atoms with Gasteiger partial charge in [0.05, 0.1) is 16.2 Å². The third-order valence-corrected chi connectivity index (χ3v) is 4.28. The minimum Gasteiger partial charge on any atom is -0.321 e. The molecule has 0 aliphatic rings. The quantitative estimate of drug-likeness (QED) is 0.241. The van der Waals surface area contributed by atoms with Gasteiger partial charge in [-0.1, -0.05) is 0 Å². The molecule has 0 bridgehead atoms. The zero-order chi connectivity index (χ0) is 11.9. The van der Waals surface area contributed by atoms with Crippen LogP contribution in [-0.4, -0.2) is 52.0 Å². The zero-order valence-electron chi connectivity index (χ0n) is 8.52. The molecule has 0 aliphatic carbocycles. The van der Waals surface area contributed by atoms with Gasteiger partial charge in [-0.25, -0.2) is 13.9 Å². The Kier molecular flexibility index (Phi) is 6.76. The maximum absolute atomic E-state index is 11.2. The highest BCUT2D eigenvalue weighted by molar-refractivity contribution is 7.92. The van der Waals surface area contributed by atoms with Gasteiger partial charge in [-0.2, -0.15) is 0 Å². The van der Waals surface area contributed by atoms with Gasteiger partial charge in [0.2, 0.25) is 5.91 Å². The molecule has 2 N–H and O–H groups in total. The Hall–Kier alpha value is -0.418. The summed E-state index contributed by atoms with van der Waals surface area (Å²) in [5.41, 5.74) is 1.46. The van der Waals surface area contributed by atoms with E-state index in [2.05, 4.69) is 0 Å². The van der Waals surface area contributed by atoms with Gasteiger partial charge in [0.25, 0.3) is 0 Å². The second-order valence-electron chi connectivity index (χ2n) is 3.29. The van der Waals surface area contributed by atoms with E-state index in [1.807, 2.05) is 0 Å². The number of hydroxylamine groups is 1. The maximum atomic E-state index is 11.2. The van der Waals surface area contributed by atoms with E-state index in [9.17, 15) is 18.0 Å². The number of nitrogens with one attached hydrogen (secondary N) is 1. The van der Waals surface area contributed by atoms with Gasteiger partial charge in [-0.15, -0.1) is 0 Å². The number of carbonyl (C=O) groups excluding carboxylic acids is 2. The molecule has 0 fully saturated rings. The molecule has 86 valence electrons. The Morgan fingerprint density at radius 3 is 2.33 bits per heavy atom. The second-order valence-corrected chi connectivity index (χ2v) is 6.59. The summed E-state index contributed by atoms with van der Waals surface area (Å²) in [6.45, 7) is 0. The molecule has 0 heterocycles. The molecule has 0 unspecified atom stereocenters. The average molecular weight is 251 g/mol. The molecule has 1 amide bonds. The first-order chi connectivity index (χ1) is 6.87. The fourth-order valence-corrected chi connectivity index (χ4v) is 3.77. The highest BCUT2D eigenvalue weighted by Gasteiger charge is 2.12. The van der Waals surface area contributed by atoms with Gasteiger partial charge >= 0.3 is 16.3 Å². The van der Waals surface area contributed by atoms with E-state index in [-0.39, 0.29) is 38.9 Å². The van der Waals surface area contributed by atoms with E-state index >= 15 is 0 Å². The number of unbranched alkanes of at least 4 members (excludes halogenated alkanes) is 1. The predicted molar refractivity (Wildman–Crippen MR) is 56.0 cm³/mol. The monoisotopic (exact) mass is 251 g/mol. The lowest BCUT2D eigenvalue weighted by Crippen LogP contribution is -2.20. The zero-order valence-corrected chi connectivity index (χ0v) is 11.3. The number of amides is 1. The van der Waals surface area contributed by atoms with Crippen LogP contribution in [0.5, 0.6) is 0 Å². The van der Waals surface area contributed by atoms with E-state index in [0.717, 1.165) is 0 Å². The van der Waals surface area contributed by atoms with E-state index in [4.69, 9.17) is 5.21 Å². The average Bonchev–Trinajstić information content (AvgIpc) is 2.10. The van der Waals surface area contributed by atoms with Crippen LogP contribution < -0.4 is 5.48 Å². The number of hydrogen-bond donors (Lipinski definition) is 2. The largest absolute Gasteiger partial charge is 0.321 e. The van der Waals surface area contributed by atoms with Crippen LogP contribution >= 0.6 is 0 Å². The van der Waals surface area contributed by atoms with Gasteiger partial charge in [-0.3, -0.25) is 10.0 Å². The van der Waals surface area contributed by atoms with E-state index in [1.165, 1.54) is 5.48 Å². The Balaban J connectivity index is 3.76. The normalized spacial score (nSPS) is 11.0. The first-order valence-electron chi connectivity index (χ1n) is 4.50. The van der Waals surface area contributed by atoms with Crippen molar-refractivity contribution in [1.29, 1.82) is 0 Å². The summed E-state index contributed by atoms with van der Waals surface area (Å²) >= 11 is 0.242. The minimum atomic E-state index is -3.29. The third kappa shape index (κ3) is 8.57. The van der Waals surface area contributed by atoms with Crippen molar-refractivity contribution in [3.63, 3.8) is 0 Å². The van der Waals surface area contributed by atoms with Crippen LogP contribution in [0.2, 0.25) is 0 Å². The minimum absolute atomic E-state index is 0.0836. The van der Waals surface area contributed by atoms with Gasteiger partial charge in [0.1, 0.15) is 0 Å². The Labute approximate surface area is 96.3 Å². The number of sulfone groups is 1. The van der Waals surface area contributed by atoms with Crippen LogP contribution in [0.1, 0.15) is 19.3 Å². The smallest absolute Gasteiger partial charge is 0.320 e. The summed E-state index contributed by atoms with van der Waals surface area (Å²) in [5.74, 6) is -1.00. The molecule has 6 nitrogen and oxygen atoms in total. The van der Waals surface area contributed by atoms with E-state index in [1.54, 1.807) is 0 Å². The summed E-state index contributed by atoms with van der Waals surface area (Å²) in [4.78, 5) is 21.2. The van der Waals surface area contributed by atoms with Crippen LogP contribution in [0.15, 0.2) is 0 Å². The number of hydrogen-bond acceptors (Lipinski definition) is 5.